The molecule has 4 heterocycles. The minimum atomic E-state index is -0.124. The van der Waals surface area contributed by atoms with E-state index in [9.17, 15) is 5.11 Å². The van der Waals surface area contributed by atoms with Gasteiger partial charge in [-0.05, 0) is 30.3 Å². The lowest BCUT2D eigenvalue weighted by Gasteiger charge is -2.09. The number of pyridine rings is 2. The van der Waals surface area contributed by atoms with Crippen molar-refractivity contribution in [2.45, 2.75) is 0 Å². The number of rotatable bonds is 2. The summed E-state index contributed by atoms with van der Waals surface area (Å²) in [7, 11) is 1.47. The molecule has 4 aromatic rings. The third kappa shape index (κ3) is 2.40. The number of methoxy groups -OCH3 is 1. The second kappa shape index (κ2) is 6.24. The number of phenols is 1. The van der Waals surface area contributed by atoms with E-state index in [0.29, 0.717) is 23.0 Å². The van der Waals surface area contributed by atoms with Crippen LogP contribution in [0.25, 0.3) is 33.9 Å². The van der Waals surface area contributed by atoms with E-state index in [1.165, 1.54) is 7.11 Å². The highest BCUT2D eigenvalue weighted by Gasteiger charge is 2.25. The van der Waals surface area contributed by atoms with Crippen LogP contribution in [0, 0.1) is 0 Å². The molecule has 0 fully saturated rings. The fourth-order valence-electron chi connectivity index (χ4n) is 3.32. The molecule has 0 bridgehead atoms. The van der Waals surface area contributed by atoms with Gasteiger partial charge >= 0.3 is 0 Å². The predicted octanol–water partition coefficient (Wildman–Crippen LogP) is 4.63. The van der Waals surface area contributed by atoms with Crippen LogP contribution in [0.4, 0.5) is 11.5 Å². The average Bonchev–Trinajstić information content (AvgIpc) is 3.10. The Balaban J connectivity index is 1.77. The quantitative estimate of drug-likeness (QED) is 0.406. The van der Waals surface area contributed by atoms with Crippen LogP contribution < -0.4 is 10.1 Å². The fraction of sp³-hybridized carbons (Fsp3) is 0.0500. The van der Waals surface area contributed by atoms with E-state index >= 15 is 0 Å². The Morgan fingerprint density at radius 1 is 1.07 bits per heavy atom. The first-order valence-electron chi connectivity index (χ1n) is 8.50. The highest BCUT2D eigenvalue weighted by molar-refractivity contribution is 6.35. The molecule has 0 unspecified atom stereocenters. The van der Waals surface area contributed by atoms with Gasteiger partial charge in [0.15, 0.2) is 11.5 Å². The summed E-state index contributed by atoms with van der Waals surface area (Å²) in [4.78, 5) is 16.8. The number of halogens is 1. The van der Waals surface area contributed by atoms with Crippen LogP contribution in [0.15, 0.2) is 48.9 Å². The zero-order chi connectivity index (χ0) is 19.3. The molecule has 7 nitrogen and oxygen atoms in total. The molecule has 138 valence electrons. The van der Waals surface area contributed by atoms with Gasteiger partial charge in [-0.3, -0.25) is 4.98 Å². The first-order valence-corrected chi connectivity index (χ1v) is 8.88. The van der Waals surface area contributed by atoms with E-state index in [-0.39, 0.29) is 10.8 Å². The molecule has 3 N–H and O–H groups in total. The molecule has 1 aliphatic rings. The summed E-state index contributed by atoms with van der Waals surface area (Å²) in [5.41, 5.74) is 4.71. The normalized spacial score (nSPS) is 11.6. The monoisotopic (exact) mass is 391 g/mol. The van der Waals surface area contributed by atoms with Crippen molar-refractivity contribution in [3.63, 3.8) is 0 Å². The van der Waals surface area contributed by atoms with Crippen molar-refractivity contribution in [3.8, 4) is 45.4 Å². The summed E-state index contributed by atoms with van der Waals surface area (Å²) < 4.78 is 5.12. The fourth-order valence-corrected chi connectivity index (χ4v) is 3.57. The first kappa shape index (κ1) is 16.6. The molecule has 5 rings (SSSR count). The largest absolute Gasteiger partial charge is 0.503 e. The number of hydrogen-bond acceptors (Lipinski definition) is 6. The summed E-state index contributed by atoms with van der Waals surface area (Å²) in [6.45, 7) is 0. The SMILES string of the molecule is COc1ccc(-c2nc3c([nH]2)-c2ccncc2Nc2ncccc2-3)c(Cl)c1O. The minimum absolute atomic E-state index is 0.124. The smallest absolute Gasteiger partial charge is 0.177 e. The van der Waals surface area contributed by atoms with Gasteiger partial charge in [0.1, 0.15) is 17.3 Å². The maximum atomic E-state index is 10.3. The number of hydrogen-bond donors (Lipinski definition) is 3. The van der Waals surface area contributed by atoms with Gasteiger partial charge in [0.2, 0.25) is 0 Å². The number of phenolic OH excluding ortho intramolecular Hbond substituents is 1. The van der Waals surface area contributed by atoms with Crippen LogP contribution in [0.1, 0.15) is 0 Å². The number of imidazole rings is 1. The number of anilines is 2. The van der Waals surface area contributed by atoms with Gasteiger partial charge in [0.05, 0.1) is 29.7 Å². The third-order valence-corrected chi connectivity index (χ3v) is 5.05. The number of H-pyrrole nitrogens is 1. The standard InChI is InChI=1S/C20H14ClN5O2/c1-28-14-5-4-11(15(21)18(14)27)20-25-16-10-6-8-22-9-13(10)24-19-12(17(16)26-20)3-2-7-23-19/h2-9,27H,1H3,(H,23,24)(H,25,26). The zero-order valence-electron chi connectivity index (χ0n) is 14.7. The van der Waals surface area contributed by atoms with Crippen LogP contribution >= 0.6 is 11.6 Å². The Labute approximate surface area is 165 Å². The van der Waals surface area contributed by atoms with Gasteiger partial charge in [0, 0.05) is 29.1 Å². The third-order valence-electron chi connectivity index (χ3n) is 4.66. The number of nitrogens with one attached hydrogen (secondary N) is 2. The van der Waals surface area contributed by atoms with Crippen molar-refractivity contribution in [1.82, 2.24) is 19.9 Å². The van der Waals surface area contributed by atoms with Crippen LogP contribution in [0.3, 0.4) is 0 Å². The zero-order valence-corrected chi connectivity index (χ0v) is 15.4. The van der Waals surface area contributed by atoms with Crippen molar-refractivity contribution in [1.29, 1.82) is 0 Å². The van der Waals surface area contributed by atoms with Crippen LogP contribution in [-0.4, -0.2) is 32.2 Å². The maximum Gasteiger partial charge on any atom is 0.177 e. The molecule has 1 aromatic carbocycles. The number of aromatic hydroxyl groups is 1. The van der Waals surface area contributed by atoms with Crippen LogP contribution in [0.2, 0.25) is 5.02 Å². The summed E-state index contributed by atoms with van der Waals surface area (Å²) in [5.74, 6) is 1.41. The molecule has 0 spiro atoms. The second-order valence-electron chi connectivity index (χ2n) is 6.23. The summed E-state index contributed by atoms with van der Waals surface area (Å²) in [6.07, 6.45) is 5.19. The highest BCUT2D eigenvalue weighted by Crippen LogP contribution is 2.45. The van der Waals surface area contributed by atoms with Crippen molar-refractivity contribution >= 4 is 23.1 Å². The van der Waals surface area contributed by atoms with Gasteiger partial charge in [-0.25, -0.2) is 9.97 Å². The molecule has 1 aliphatic heterocycles. The van der Waals surface area contributed by atoms with E-state index < -0.39 is 0 Å². The molecule has 0 amide bonds. The van der Waals surface area contributed by atoms with Gasteiger partial charge in [-0.15, -0.1) is 0 Å². The molecule has 0 aliphatic carbocycles. The Bertz CT molecular complexity index is 1160. The molecule has 0 radical (unpaired) electrons. The first-order chi connectivity index (χ1) is 13.7. The van der Waals surface area contributed by atoms with E-state index in [1.54, 1.807) is 30.7 Å². The molecule has 0 saturated heterocycles. The lowest BCUT2D eigenvalue weighted by molar-refractivity contribution is 0.374. The van der Waals surface area contributed by atoms with Gasteiger partial charge < -0.3 is 20.1 Å². The number of fused-ring (bicyclic) bond motifs is 5. The summed E-state index contributed by atoms with van der Waals surface area (Å²) in [6, 6.07) is 9.13. The van der Waals surface area contributed by atoms with E-state index in [2.05, 4.69) is 20.3 Å². The van der Waals surface area contributed by atoms with E-state index in [0.717, 1.165) is 28.2 Å². The second-order valence-corrected chi connectivity index (χ2v) is 6.61. The topological polar surface area (TPSA) is 96.0 Å². The molecular weight excluding hydrogens is 378 g/mol. The number of aromatic amines is 1. The molecule has 3 aromatic heterocycles. The van der Waals surface area contributed by atoms with E-state index in [4.69, 9.17) is 21.3 Å². The van der Waals surface area contributed by atoms with Crippen molar-refractivity contribution < 1.29 is 9.84 Å². The van der Waals surface area contributed by atoms with Gasteiger partial charge in [0.25, 0.3) is 0 Å². The Morgan fingerprint density at radius 3 is 2.82 bits per heavy atom. The Hall–Kier alpha value is -3.58. The highest BCUT2D eigenvalue weighted by atomic mass is 35.5. The average molecular weight is 392 g/mol. The number of aromatic nitrogens is 4. The van der Waals surface area contributed by atoms with Gasteiger partial charge in [-0.2, -0.15) is 0 Å². The Kier molecular flexibility index (Phi) is 3.70. The molecular formula is C20H14ClN5O2. The number of nitrogens with zero attached hydrogens (tertiary/aromatic N) is 3. The van der Waals surface area contributed by atoms with Gasteiger partial charge in [-0.1, -0.05) is 11.6 Å². The maximum absolute atomic E-state index is 10.3. The molecule has 28 heavy (non-hydrogen) atoms. The lowest BCUT2D eigenvalue weighted by Crippen LogP contribution is -1.96. The summed E-state index contributed by atoms with van der Waals surface area (Å²) >= 11 is 6.38. The van der Waals surface area contributed by atoms with Crippen molar-refractivity contribution in [2.75, 3.05) is 12.4 Å². The molecule has 0 atom stereocenters. The van der Waals surface area contributed by atoms with E-state index in [1.807, 2.05) is 18.2 Å². The number of ether oxygens (including phenoxy) is 1. The Morgan fingerprint density at radius 2 is 1.96 bits per heavy atom. The van der Waals surface area contributed by atoms with Crippen LogP contribution in [-0.2, 0) is 0 Å². The summed E-state index contributed by atoms with van der Waals surface area (Å²) in [5, 5.41) is 13.8. The van der Waals surface area contributed by atoms with Crippen molar-refractivity contribution in [2.24, 2.45) is 0 Å². The van der Waals surface area contributed by atoms with Crippen LogP contribution in [0.5, 0.6) is 11.5 Å². The predicted molar refractivity (Wildman–Crippen MR) is 107 cm³/mol. The van der Waals surface area contributed by atoms with Crippen molar-refractivity contribution in [3.05, 3.63) is 53.9 Å². The molecule has 8 heteroatoms. The minimum Gasteiger partial charge on any atom is -0.503 e. The molecule has 0 saturated carbocycles. The lowest BCUT2D eigenvalue weighted by atomic mass is 10.1. The number of benzene rings is 1.